The molecule has 9 heteroatoms. The van der Waals surface area contributed by atoms with Crippen molar-refractivity contribution in [2.24, 2.45) is 0 Å². The van der Waals surface area contributed by atoms with E-state index in [4.69, 9.17) is 9.47 Å². The summed E-state index contributed by atoms with van der Waals surface area (Å²) in [5.74, 6) is 0.984. The van der Waals surface area contributed by atoms with Crippen LogP contribution in [0.25, 0.3) is 0 Å². The predicted octanol–water partition coefficient (Wildman–Crippen LogP) is 2.82. The zero-order valence-electron chi connectivity index (χ0n) is 12.8. The molecule has 1 heterocycles. The van der Waals surface area contributed by atoms with Gasteiger partial charge in [-0.15, -0.1) is 0 Å². The van der Waals surface area contributed by atoms with Crippen molar-refractivity contribution in [3.63, 3.8) is 0 Å². The molecule has 0 radical (unpaired) electrons. The SMILES string of the molecule is O=S(=O)(NC[C@@H]1COc2ccccc2O1)c1ccccc1C(F)(F)F. The number of sulfonamides is 1. The molecule has 0 aliphatic carbocycles. The number of rotatable bonds is 4. The second kappa shape index (κ2) is 6.57. The van der Waals surface area contributed by atoms with E-state index >= 15 is 0 Å². The van der Waals surface area contributed by atoms with Gasteiger partial charge in [0.2, 0.25) is 10.0 Å². The number of ether oxygens (including phenoxy) is 2. The average molecular weight is 373 g/mol. The molecule has 0 saturated carbocycles. The van der Waals surface area contributed by atoms with Gasteiger partial charge >= 0.3 is 6.18 Å². The molecule has 0 aromatic heterocycles. The third kappa shape index (κ3) is 3.88. The summed E-state index contributed by atoms with van der Waals surface area (Å²) >= 11 is 0. The van der Waals surface area contributed by atoms with Crippen LogP contribution >= 0.6 is 0 Å². The largest absolute Gasteiger partial charge is 0.486 e. The lowest BCUT2D eigenvalue weighted by atomic mass is 10.2. The van der Waals surface area contributed by atoms with Gasteiger partial charge in [0, 0.05) is 0 Å². The minimum Gasteiger partial charge on any atom is -0.486 e. The van der Waals surface area contributed by atoms with Gasteiger partial charge in [0.25, 0.3) is 0 Å². The normalized spacial score (nSPS) is 17.3. The highest BCUT2D eigenvalue weighted by molar-refractivity contribution is 7.89. The molecule has 1 atom stereocenters. The maximum Gasteiger partial charge on any atom is 0.417 e. The van der Waals surface area contributed by atoms with E-state index in [-0.39, 0.29) is 13.2 Å². The lowest BCUT2D eigenvalue weighted by Crippen LogP contribution is -2.41. The summed E-state index contributed by atoms with van der Waals surface area (Å²) in [6.45, 7) is -0.136. The lowest BCUT2D eigenvalue weighted by molar-refractivity contribution is -0.139. The summed E-state index contributed by atoms with van der Waals surface area (Å²) in [7, 11) is -4.36. The Morgan fingerprint density at radius 1 is 1.04 bits per heavy atom. The van der Waals surface area contributed by atoms with E-state index in [2.05, 4.69) is 4.72 Å². The van der Waals surface area contributed by atoms with Crippen LogP contribution in [0.5, 0.6) is 11.5 Å². The minimum atomic E-state index is -4.77. The number of benzene rings is 2. The van der Waals surface area contributed by atoms with Gasteiger partial charge in [0.05, 0.1) is 17.0 Å². The molecule has 1 aliphatic heterocycles. The molecule has 25 heavy (non-hydrogen) atoms. The van der Waals surface area contributed by atoms with Gasteiger partial charge in [-0.05, 0) is 24.3 Å². The highest BCUT2D eigenvalue weighted by Gasteiger charge is 2.37. The third-order valence-corrected chi connectivity index (χ3v) is 5.03. The molecule has 0 fully saturated rings. The summed E-state index contributed by atoms with van der Waals surface area (Å²) in [6, 6.07) is 10.9. The zero-order chi connectivity index (χ0) is 18.1. The molecule has 1 N–H and O–H groups in total. The average Bonchev–Trinajstić information content (AvgIpc) is 2.59. The van der Waals surface area contributed by atoms with Crippen LogP contribution in [0.15, 0.2) is 53.4 Å². The Morgan fingerprint density at radius 3 is 2.40 bits per heavy atom. The number of hydrogen-bond acceptors (Lipinski definition) is 4. The van der Waals surface area contributed by atoms with Crippen LogP contribution in [0, 0.1) is 0 Å². The topological polar surface area (TPSA) is 64.6 Å². The van der Waals surface area contributed by atoms with Crippen molar-refractivity contribution >= 4 is 10.0 Å². The molecule has 2 aromatic rings. The highest BCUT2D eigenvalue weighted by Crippen LogP contribution is 2.34. The van der Waals surface area contributed by atoms with E-state index in [0.717, 1.165) is 18.2 Å². The van der Waals surface area contributed by atoms with Crippen molar-refractivity contribution in [2.45, 2.75) is 17.2 Å². The molecule has 0 unspecified atom stereocenters. The van der Waals surface area contributed by atoms with Crippen molar-refractivity contribution in [1.29, 1.82) is 0 Å². The number of para-hydroxylation sites is 2. The first kappa shape index (κ1) is 17.6. The van der Waals surface area contributed by atoms with Crippen molar-refractivity contribution in [2.75, 3.05) is 13.2 Å². The standard InChI is InChI=1S/C16H14F3NO4S/c17-16(18,19)12-5-1-4-8-15(12)25(21,22)20-9-11-10-23-13-6-2-3-7-14(13)24-11/h1-8,11,20H,9-10H2/t11-/m1/s1. The van der Waals surface area contributed by atoms with Crippen molar-refractivity contribution in [1.82, 2.24) is 4.72 Å². The molecule has 0 amide bonds. The zero-order valence-corrected chi connectivity index (χ0v) is 13.6. The van der Waals surface area contributed by atoms with E-state index in [1.807, 2.05) is 0 Å². The number of nitrogens with one attached hydrogen (secondary N) is 1. The Kier molecular flexibility index (Phi) is 4.61. The van der Waals surface area contributed by atoms with E-state index in [0.29, 0.717) is 11.5 Å². The Morgan fingerprint density at radius 2 is 1.68 bits per heavy atom. The van der Waals surface area contributed by atoms with Gasteiger partial charge in [0.1, 0.15) is 12.7 Å². The monoisotopic (exact) mass is 373 g/mol. The van der Waals surface area contributed by atoms with Gasteiger partial charge in [0.15, 0.2) is 11.5 Å². The summed E-state index contributed by atoms with van der Waals surface area (Å²) in [4.78, 5) is -0.820. The van der Waals surface area contributed by atoms with Crippen LogP contribution in [0.2, 0.25) is 0 Å². The first-order valence-corrected chi connectivity index (χ1v) is 8.80. The Hall–Kier alpha value is -2.26. The second-order valence-electron chi connectivity index (χ2n) is 5.34. The highest BCUT2D eigenvalue weighted by atomic mass is 32.2. The van der Waals surface area contributed by atoms with Crippen LogP contribution in [0.3, 0.4) is 0 Å². The van der Waals surface area contributed by atoms with E-state index in [1.54, 1.807) is 24.3 Å². The van der Waals surface area contributed by atoms with Crippen LogP contribution in [-0.2, 0) is 16.2 Å². The summed E-state index contributed by atoms with van der Waals surface area (Å²) in [6.07, 6.45) is -5.42. The van der Waals surface area contributed by atoms with Crippen LogP contribution in [0.1, 0.15) is 5.56 Å². The Labute approximate surface area is 142 Å². The van der Waals surface area contributed by atoms with Gasteiger partial charge in [-0.2, -0.15) is 13.2 Å². The smallest absolute Gasteiger partial charge is 0.417 e. The fourth-order valence-electron chi connectivity index (χ4n) is 2.38. The van der Waals surface area contributed by atoms with Crippen LogP contribution < -0.4 is 14.2 Å². The molecule has 134 valence electrons. The molecule has 2 aromatic carbocycles. The lowest BCUT2D eigenvalue weighted by Gasteiger charge is -2.26. The molecule has 3 rings (SSSR count). The number of hydrogen-bond donors (Lipinski definition) is 1. The van der Waals surface area contributed by atoms with E-state index in [9.17, 15) is 21.6 Å². The Balaban J connectivity index is 1.74. The van der Waals surface area contributed by atoms with E-state index < -0.39 is 32.8 Å². The van der Waals surface area contributed by atoms with Crippen molar-refractivity contribution < 1.29 is 31.1 Å². The predicted molar refractivity (Wildman–Crippen MR) is 83.0 cm³/mol. The van der Waals surface area contributed by atoms with Gasteiger partial charge in [-0.1, -0.05) is 24.3 Å². The maximum atomic E-state index is 13.0. The first-order valence-electron chi connectivity index (χ1n) is 7.32. The minimum absolute atomic E-state index is 0.0838. The summed E-state index contributed by atoms with van der Waals surface area (Å²) in [5.41, 5.74) is -1.21. The number of alkyl halides is 3. The van der Waals surface area contributed by atoms with Crippen molar-refractivity contribution in [3.8, 4) is 11.5 Å². The fourth-order valence-corrected chi connectivity index (χ4v) is 3.67. The number of fused-ring (bicyclic) bond motifs is 1. The van der Waals surface area contributed by atoms with Gasteiger partial charge in [-0.3, -0.25) is 0 Å². The van der Waals surface area contributed by atoms with E-state index in [1.165, 1.54) is 6.07 Å². The van der Waals surface area contributed by atoms with Crippen LogP contribution in [-0.4, -0.2) is 27.7 Å². The van der Waals surface area contributed by atoms with Crippen LogP contribution in [0.4, 0.5) is 13.2 Å². The second-order valence-corrected chi connectivity index (χ2v) is 7.08. The Bertz CT molecular complexity index is 868. The molecule has 1 aliphatic rings. The molecule has 0 bridgehead atoms. The summed E-state index contributed by atoms with van der Waals surface area (Å²) in [5, 5.41) is 0. The summed E-state index contributed by atoms with van der Waals surface area (Å²) < 4.78 is 76.8. The van der Waals surface area contributed by atoms with Gasteiger partial charge in [-0.25, -0.2) is 13.1 Å². The first-order chi connectivity index (χ1) is 11.8. The molecular weight excluding hydrogens is 359 g/mol. The molecule has 5 nitrogen and oxygen atoms in total. The number of halogens is 3. The third-order valence-electron chi connectivity index (χ3n) is 3.55. The quantitative estimate of drug-likeness (QED) is 0.895. The molecule has 0 spiro atoms. The van der Waals surface area contributed by atoms with Crippen molar-refractivity contribution in [3.05, 3.63) is 54.1 Å². The fraction of sp³-hybridized carbons (Fsp3) is 0.250. The molecular formula is C16H14F3NO4S. The molecule has 0 saturated heterocycles. The maximum absolute atomic E-state index is 13.0. The van der Waals surface area contributed by atoms with Gasteiger partial charge < -0.3 is 9.47 Å².